The third kappa shape index (κ3) is 6.35. The van der Waals surface area contributed by atoms with Crippen LogP contribution in [0.4, 0.5) is 10.7 Å². The first kappa shape index (κ1) is 22.4. The molecular weight excluding hydrogens is 416 g/mol. The highest BCUT2D eigenvalue weighted by atomic mass is 32.2. The van der Waals surface area contributed by atoms with E-state index in [2.05, 4.69) is 30.3 Å². The minimum Gasteiger partial charge on any atom is -0.376 e. The first-order valence-electron chi connectivity index (χ1n) is 11.7. The molecule has 31 heavy (non-hydrogen) atoms. The van der Waals surface area contributed by atoms with Gasteiger partial charge >= 0.3 is 6.03 Å². The van der Waals surface area contributed by atoms with Crippen molar-refractivity contribution in [3.8, 4) is 0 Å². The Hall–Kier alpha value is -1.81. The number of hydrogen-bond acceptors (Lipinski definition) is 7. The number of imide groups is 1. The summed E-state index contributed by atoms with van der Waals surface area (Å²) in [4.78, 5) is 26.8. The number of anilines is 1. The zero-order valence-corrected chi connectivity index (χ0v) is 19.0. The van der Waals surface area contributed by atoms with Crippen LogP contribution in [0.25, 0.3) is 0 Å². The number of piperidine rings is 1. The number of urea groups is 1. The van der Waals surface area contributed by atoms with Crippen molar-refractivity contribution in [1.29, 1.82) is 0 Å². The normalized spacial score (nSPS) is 22.5. The third-order valence-corrected chi connectivity index (χ3v) is 7.24. The number of rotatable bonds is 7. The van der Waals surface area contributed by atoms with Crippen LogP contribution >= 0.6 is 11.8 Å². The molecule has 3 fully saturated rings. The first-order valence-corrected chi connectivity index (χ1v) is 12.7. The molecule has 4 rings (SSSR count). The Bertz CT molecular complexity index is 739. The van der Waals surface area contributed by atoms with Crippen LogP contribution in [-0.4, -0.2) is 64.3 Å². The van der Waals surface area contributed by atoms with E-state index in [9.17, 15) is 9.59 Å². The molecule has 2 saturated heterocycles. The van der Waals surface area contributed by atoms with Gasteiger partial charge in [-0.25, -0.2) is 4.79 Å². The molecule has 0 spiro atoms. The quantitative estimate of drug-likeness (QED) is 0.616. The van der Waals surface area contributed by atoms with E-state index >= 15 is 0 Å². The van der Waals surface area contributed by atoms with Gasteiger partial charge in [0.2, 0.25) is 11.9 Å². The fourth-order valence-corrected chi connectivity index (χ4v) is 5.37. The van der Waals surface area contributed by atoms with Gasteiger partial charge in [0.15, 0.2) is 5.16 Å². The Morgan fingerprint density at radius 3 is 2.52 bits per heavy atom. The standard InChI is InChI=1S/C21H34N6O3S/c28-18(23-19(29)22-16-8-3-1-4-9-16)15-31-21-25-24-20(26-11-5-2-6-12-26)27(21)14-17-10-7-13-30-17/h16-17H,1-15H2,(H2,22,23,28,29). The van der Waals surface area contributed by atoms with Crippen molar-refractivity contribution < 1.29 is 14.3 Å². The number of aromatic nitrogens is 3. The fourth-order valence-electron chi connectivity index (χ4n) is 4.63. The molecule has 3 amide bonds. The molecule has 0 radical (unpaired) electrons. The molecule has 1 aromatic heterocycles. The lowest BCUT2D eigenvalue weighted by atomic mass is 9.96. The predicted octanol–water partition coefficient (Wildman–Crippen LogP) is 2.70. The molecule has 2 N–H and O–H groups in total. The second-order valence-corrected chi connectivity index (χ2v) is 9.66. The number of nitrogens with one attached hydrogen (secondary N) is 2. The van der Waals surface area contributed by atoms with E-state index in [0.717, 1.165) is 77.0 Å². The van der Waals surface area contributed by atoms with E-state index in [1.165, 1.54) is 24.6 Å². The van der Waals surface area contributed by atoms with E-state index in [-0.39, 0.29) is 23.8 Å². The minimum absolute atomic E-state index is 0.127. The molecule has 1 unspecified atom stereocenters. The Morgan fingerprint density at radius 1 is 1.00 bits per heavy atom. The topological polar surface area (TPSA) is 101 Å². The molecule has 0 bridgehead atoms. The molecule has 1 saturated carbocycles. The maximum absolute atomic E-state index is 12.3. The zero-order valence-electron chi connectivity index (χ0n) is 18.2. The monoisotopic (exact) mass is 450 g/mol. The first-order chi connectivity index (χ1) is 15.2. The van der Waals surface area contributed by atoms with E-state index < -0.39 is 6.03 Å². The van der Waals surface area contributed by atoms with Crippen LogP contribution in [0.15, 0.2) is 5.16 Å². The average molecular weight is 451 g/mol. The van der Waals surface area contributed by atoms with Gasteiger partial charge in [-0.15, -0.1) is 10.2 Å². The maximum Gasteiger partial charge on any atom is 0.321 e. The molecule has 9 nitrogen and oxygen atoms in total. The molecule has 2 aliphatic heterocycles. The van der Waals surface area contributed by atoms with E-state index in [1.807, 2.05) is 0 Å². The van der Waals surface area contributed by atoms with Crippen LogP contribution in [0.3, 0.4) is 0 Å². The summed E-state index contributed by atoms with van der Waals surface area (Å²) in [5.41, 5.74) is 0. The Morgan fingerprint density at radius 2 is 1.77 bits per heavy atom. The number of carbonyl (C=O) groups excluding carboxylic acids is 2. The summed E-state index contributed by atoms with van der Waals surface area (Å²) in [7, 11) is 0. The lowest BCUT2D eigenvalue weighted by Crippen LogP contribution is -2.45. The van der Waals surface area contributed by atoms with Crippen LogP contribution in [0.1, 0.15) is 64.2 Å². The lowest BCUT2D eigenvalue weighted by molar-refractivity contribution is -0.117. The van der Waals surface area contributed by atoms with Crippen molar-refractivity contribution in [3.63, 3.8) is 0 Å². The summed E-state index contributed by atoms with van der Waals surface area (Å²) in [5.74, 6) is 0.680. The Kier molecular flexibility index (Phi) is 8.07. The van der Waals surface area contributed by atoms with Gasteiger partial charge in [0.25, 0.3) is 0 Å². The van der Waals surface area contributed by atoms with E-state index in [0.29, 0.717) is 11.7 Å². The molecule has 172 valence electrons. The van der Waals surface area contributed by atoms with Crippen molar-refractivity contribution in [2.24, 2.45) is 0 Å². The summed E-state index contributed by atoms with van der Waals surface area (Å²) in [6.07, 6.45) is 11.3. The van der Waals surface area contributed by atoms with Crippen molar-refractivity contribution >= 4 is 29.6 Å². The summed E-state index contributed by atoms with van der Waals surface area (Å²) in [5, 5.41) is 14.9. The summed E-state index contributed by atoms with van der Waals surface area (Å²) < 4.78 is 7.94. The highest BCUT2D eigenvalue weighted by molar-refractivity contribution is 7.99. The highest BCUT2D eigenvalue weighted by Gasteiger charge is 2.25. The molecule has 1 aromatic rings. The fraction of sp³-hybridized carbons (Fsp3) is 0.810. The minimum atomic E-state index is -0.396. The van der Waals surface area contributed by atoms with Gasteiger partial charge in [0.05, 0.1) is 18.4 Å². The van der Waals surface area contributed by atoms with E-state index in [1.54, 1.807) is 0 Å². The van der Waals surface area contributed by atoms with Crippen LogP contribution in [-0.2, 0) is 16.1 Å². The van der Waals surface area contributed by atoms with Gasteiger partial charge < -0.3 is 15.0 Å². The highest BCUT2D eigenvalue weighted by Crippen LogP contribution is 2.27. The van der Waals surface area contributed by atoms with Gasteiger partial charge in [0.1, 0.15) is 0 Å². The van der Waals surface area contributed by atoms with Crippen molar-refractivity contribution in [3.05, 3.63) is 0 Å². The van der Waals surface area contributed by atoms with E-state index in [4.69, 9.17) is 4.74 Å². The Balaban J connectivity index is 1.33. The molecular formula is C21H34N6O3S. The largest absolute Gasteiger partial charge is 0.376 e. The van der Waals surface area contributed by atoms with Crippen molar-refractivity contribution in [1.82, 2.24) is 25.4 Å². The molecule has 0 aromatic carbocycles. The van der Waals surface area contributed by atoms with Crippen LogP contribution in [0, 0.1) is 0 Å². The molecule has 3 heterocycles. The summed E-state index contributed by atoms with van der Waals surface area (Å²) in [6, 6.07) is -0.219. The SMILES string of the molecule is O=C(CSc1nnc(N2CCCCC2)n1CC1CCCO1)NC(=O)NC1CCCCC1. The molecule has 1 aliphatic carbocycles. The van der Waals surface area contributed by atoms with Gasteiger partial charge in [-0.1, -0.05) is 31.0 Å². The van der Waals surface area contributed by atoms with Gasteiger partial charge in [-0.2, -0.15) is 0 Å². The third-order valence-electron chi connectivity index (χ3n) is 6.27. The number of hydrogen-bond donors (Lipinski definition) is 2. The lowest BCUT2D eigenvalue weighted by Gasteiger charge is -2.28. The number of amides is 3. The predicted molar refractivity (Wildman–Crippen MR) is 119 cm³/mol. The summed E-state index contributed by atoms with van der Waals surface area (Å²) in [6.45, 7) is 3.46. The molecule has 10 heteroatoms. The van der Waals surface area contributed by atoms with Crippen molar-refractivity contribution in [2.45, 2.75) is 88.1 Å². The van der Waals surface area contributed by atoms with Crippen molar-refractivity contribution in [2.75, 3.05) is 30.3 Å². The molecule has 3 aliphatic rings. The maximum atomic E-state index is 12.3. The number of ether oxygens (including phenoxy) is 1. The van der Waals surface area contributed by atoms with Gasteiger partial charge in [-0.05, 0) is 44.9 Å². The second-order valence-electron chi connectivity index (χ2n) is 8.72. The number of thioether (sulfide) groups is 1. The van der Waals surface area contributed by atoms with Crippen LogP contribution in [0.2, 0.25) is 0 Å². The number of carbonyl (C=O) groups is 2. The Labute approximate surface area is 188 Å². The van der Waals surface area contributed by atoms with Gasteiger partial charge in [-0.3, -0.25) is 14.7 Å². The average Bonchev–Trinajstić information content (AvgIpc) is 3.44. The van der Waals surface area contributed by atoms with Gasteiger partial charge in [0, 0.05) is 25.7 Å². The van der Waals surface area contributed by atoms with Crippen LogP contribution < -0.4 is 15.5 Å². The second kappa shape index (κ2) is 11.2. The van der Waals surface area contributed by atoms with Crippen LogP contribution in [0.5, 0.6) is 0 Å². The molecule has 1 atom stereocenters. The number of nitrogens with zero attached hydrogens (tertiary/aromatic N) is 4. The smallest absolute Gasteiger partial charge is 0.321 e. The summed E-state index contributed by atoms with van der Waals surface area (Å²) >= 11 is 1.33. The zero-order chi connectivity index (χ0) is 21.5.